The van der Waals surface area contributed by atoms with E-state index in [2.05, 4.69) is 10.4 Å². The summed E-state index contributed by atoms with van der Waals surface area (Å²) in [6.07, 6.45) is 4.20. The second-order valence-corrected chi connectivity index (χ2v) is 6.33. The Kier molecular flexibility index (Phi) is 5.78. The molecular weight excluding hydrogens is 332 g/mol. The van der Waals surface area contributed by atoms with Crippen LogP contribution < -0.4 is 10.9 Å². The van der Waals surface area contributed by atoms with Crippen molar-refractivity contribution in [3.63, 3.8) is 0 Å². The van der Waals surface area contributed by atoms with E-state index in [1.165, 1.54) is 12.1 Å². The molecule has 0 atom stereocenters. The van der Waals surface area contributed by atoms with Crippen molar-refractivity contribution in [2.45, 2.75) is 32.2 Å². The standard InChI is InChI=1S/C19H22N4O3/c24-17-11-10-16(19(26)20-15-8-4-3-5-9-15)21-23(17)14-18(25)22-12-6-1-2-7-13-22/h3-5,8-11H,1-2,6-7,12-14H2,(H,20,26). The van der Waals surface area contributed by atoms with Gasteiger partial charge in [0.2, 0.25) is 5.91 Å². The number of benzene rings is 1. The summed E-state index contributed by atoms with van der Waals surface area (Å²) in [5, 5.41) is 6.79. The van der Waals surface area contributed by atoms with E-state index in [1.807, 2.05) is 18.2 Å². The summed E-state index contributed by atoms with van der Waals surface area (Å²) in [4.78, 5) is 38.6. The molecule has 1 aromatic heterocycles. The Morgan fingerprint density at radius 3 is 2.35 bits per heavy atom. The minimum absolute atomic E-state index is 0.0946. The highest BCUT2D eigenvalue weighted by atomic mass is 16.2. The number of para-hydroxylation sites is 1. The molecule has 7 heteroatoms. The van der Waals surface area contributed by atoms with Crippen LogP contribution in [0.5, 0.6) is 0 Å². The van der Waals surface area contributed by atoms with Crippen molar-refractivity contribution in [2.75, 3.05) is 18.4 Å². The second-order valence-electron chi connectivity index (χ2n) is 6.33. The van der Waals surface area contributed by atoms with E-state index < -0.39 is 11.5 Å². The Bertz CT molecular complexity index is 824. The topological polar surface area (TPSA) is 84.3 Å². The van der Waals surface area contributed by atoms with Crippen LogP contribution in [0.25, 0.3) is 0 Å². The summed E-state index contributed by atoms with van der Waals surface area (Å²) in [6, 6.07) is 11.6. The summed E-state index contributed by atoms with van der Waals surface area (Å²) in [6.45, 7) is 1.27. The van der Waals surface area contributed by atoms with E-state index in [0.717, 1.165) is 30.4 Å². The summed E-state index contributed by atoms with van der Waals surface area (Å²) < 4.78 is 1.06. The zero-order valence-corrected chi connectivity index (χ0v) is 14.6. The molecule has 1 saturated heterocycles. The van der Waals surface area contributed by atoms with Crippen molar-refractivity contribution in [3.05, 3.63) is 58.5 Å². The number of amides is 2. The van der Waals surface area contributed by atoms with Crippen LogP contribution in [0, 0.1) is 0 Å². The van der Waals surface area contributed by atoms with E-state index in [0.29, 0.717) is 18.8 Å². The number of anilines is 1. The van der Waals surface area contributed by atoms with Crippen molar-refractivity contribution in [1.82, 2.24) is 14.7 Å². The molecule has 2 amide bonds. The quantitative estimate of drug-likeness (QED) is 0.909. The third kappa shape index (κ3) is 4.56. The average molecular weight is 354 g/mol. The van der Waals surface area contributed by atoms with Crippen LogP contribution in [-0.2, 0) is 11.3 Å². The van der Waals surface area contributed by atoms with Gasteiger partial charge in [-0.25, -0.2) is 4.68 Å². The first-order chi connectivity index (χ1) is 12.6. The predicted octanol–water partition coefficient (Wildman–Crippen LogP) is 1.90. The van der Waals surface area contributed by atoms with Gasteiger partial charge in [-0.3, -0.25) is 14.4 Å². The van der Waals surface area contributed by atoms with Gasteiger partial charge in [-0.05, 0) is 31.0 Å². The van der Waals surface area contributed by atoms with Crippen LogP contribution in [0.2, 0.25) is 0 Å². The monoisotopic (exact) mass is 354 g/mol. The number of hydrogen-bond donors (Lipinski definition) is 1. The normalized spacial score (nSPS) is 14.5. The van der Waals surface area contributed by atoms with E-state index in [1.54, 1.807) is 17.0 Å². The molecule has 3 rings (SSSR count). The van der Waals surface area contributed by atoms with Crippen LogP contribution in [0.4, 0.5) is 5.69 Å². The molecule has 0 spiro atoms. The van der Waals surface area contributed by atoms with Crippen LogP contribution in [-0.4, -0.2) is 39.6 Å². The third-order valence-corrected chi connectivity index (χ3v) is 4.37. The molecule has 1 N–H and O–H groups in total. The number of aromatic nitrogens is 2. The van der Waals surface area contributed by atoms with Gasteiger partial charge in [0.1, 0.15) is 12.2 Å². The van der Waals surface area contributed by atoms with Gasteiger partial charge in [0.05, 0.1) is 0 Å². The molecule has 1 aliphatic heterocycles. The molecule has 2 heterocycles. The second kappa shape index (κ2) is 8.42. The fourth-order valence-electron chi connectivity index (χ4n) is 2.95. The fraction of sp³-hybridized carbons (Fsp3) is 0.368. The first-order valence-corrected chi connectivity index (χ1v) is 8.86. The van der Waals surface area contributed by atoms with Gasteiger partial charge in [-0.15, -0.1) is 0 Å². The number of carbonyl (C=O) groups is 2. The van der Waals surface area contributed by atoms with Crippen LogP contribution in [0.3, 0.4) is 0 Å². The van der Waals surface area contributed by atoms with Gasteiger partial charge in [-0.2, -0.15) is 5.10 Å². The Hall–Kier alpha value is -2.96. The van der Waals surface area contributed by atoms with Crippen LogP contribution >= 0.6 is 0 Å². The summed E-state index contributed by atoms with van der Waals surface area (Å²) in [5.74, 6) is -0.561. The minimum Gasteiger partial charge on any atom is -0.341 e. The molecule has 1 fully saturated rings. The van der Waals surface area contributed by atoms with Gasteiger partial charge in [0.15, 0.2) is 0 Å². The molecule has 0 unspecified atom stereocenters. The molecule has 7 nitrogen and oxygen atoms in total. The van der Waals surface area contributed by atoms with Crippen molar-refractivity contribution in [3.8, 4) is 0 Å². The molecule has 0 aliphatic carbocycles. The maximum absolute atomic E-state index is 12.5. The van der Waals surface area contributed by atoms with Crippen molar-refractivity contribution in [2.24, 2.45) is 0 Å². The highest BCUT2D eigenvalue weighted by Crippen LogP contribution is 2.10. The summed E-state index contributed by atoms with van der Waals surface area (Å²) in [7, 11) is 0. The zero-order chi connectivity index (χ0) is 18.4. The van der Waals surface area contributed by atoms with E-state index in [9.17, 15) is 14.4 Å². The number of likely N-dealkylation sites (tertiary alicyclic amines) is 1. The lowest BCUT2D eigenvalue weighted by Gasteiger charge is -2.20. The maximum Gasteiger partial charge on any atom is 0.276 e. The van der Waals surface area contributed by atoms with E-state index in [-0.39, 0.29) is 18.1 Å². The molecular formula is C19H22N4O3. The smallest absolute Gasteiger partial charge is 0.276 e. The maximum atomic E-state index is 12.5. The van der Waals surface area contributed by atoms with Crippen LogP contribution in [0.15, 0.2) is 47.3 Å². The average Bonchev–Trinajstić information content (AvgIpc) is 2.94. The number of carbonyl (C=O) groups excluding carboxylic acids is 2. The SMILES string of the molecule is O=C(Nc1ccccc1)c1ccc(=O)n(CC(=O)N2CCCCCC2)n1. The van der Waals surface area contributed by atoms with Gasteiger partial charge in [0, 0.05) is 24.8 Å². The molecule has 0 saturated carbocycles. The molecule has 136 valence electrons. The molecule has 26 heavy (non-hydrogen) atoms. The molecule has 2 aromatic rings. The summed E-state index contributed by atoms with van der Waals surface area (Å²) in [5.41, 5.74) is 0.333. The number of rotatable bonds is 4. The number of hydrogen-bond acceptors (Lipinski definition) is 4. The van der Waals surface area contributed by atoms with Gasteiger partial charge < -0.3 is 10.2 Å². The molecule has 0 radical (unpaired) electrons. The molecule has 1 aliphatic rings. The molecule has 0 bridgehead atoms. The molecule has 1 aromatic carbocycles. The Labute approximate surface area is 151 Å². The van der Waals surface area contributed by atoms with Gasteiger partial charge in [-0.1, -0.05) is 31.0 Å². The van der Waals surface area contributed by atoms with Crippen molar-refractivity contribution in [1.29, 1.82) is 0 Å². The van der Waals surface area contributed by atoms with Gasteiger partial charge in [0.25, 0.3) is 11.5 Å². The first-order valence-electron chi connectivity index (χ1n) is 8.86. The summed E-state index contributed by atoms with van der Waals surface area (Å²) >= 11 is 0. The van der Waals surface area contributed by atoms with E-state index in [4.69, 9.17) is 0 Å². The minimum atomic E-state index is -0.424. The largest absolute Gasteiger partial charge is 0.341 e. The van der Waals surface area contributed by atoms with Gasteiger partial charge >= 0.3 is 0 Å². The number of nitrogens with one attached hydrogen (secondary N) is 1. The predicted molar refractivity (Wildman–Crippen MR) is 97.9 cm³/mol. The Balaban J connectivity index is 1.71. The lowest BCUT2D eigenvalue weighted by atomic mass is 10.2. The van der Waals surface area contributed by atoms with Crippen LogP contribution in [0.1, 0.15) is 36.2 Å². The third-order valence-electron chi connectivity index (χ3n) is 4.37. The Morgan fingerprint density at radius 1 is 0.962 bits per heavy atom. The lowest BCUT2D eigenvalue weighted by molar-refractivity contribution is -0.132. The first kappa shape index (κ1) is 17.8. The zero-order valence-electron chi connectivity index (χ0n) is 14.6. The van der Waals surface area contributed by atoms with Crippen molar-refractivity contribution >= 4 is 17.5 Å². The Morgan fingerprint density at radius 2 is 1.65 bits per heavy atom. The van der Waals surface area contributed by atoms with Crippen molar-refractivity contribution < 1.29 is 9.59 Å². The number of nitrogens with zero attached hydrogens (tertiary/aromatic N) is 3. The lowest BCUT2D eigenvalue weighted by Crippen LogP contribution is -2.38. The van der Waals surface area contributed by atoms with E-state index >= 15 is 0 Å². The highest BCUT2D eigenvalue weighted by Gasteiger charge is 2.18. The fourth-order valence-corrected chi connectivity index (χ4v) is 2.95. The highest BCUT2D eigenvalue weighted by molar-refractivity contribution is 6.02.